The van der Waals surface area contributed by atoms with Gasteiger partial charge in [0.15, 0.2) is 0 Å². The Bertz CT molecular complexity index is 480. The lowest BCUT2D eigenvalue weighted by molar-refractivity contribution is -0.133. The van der Waals surface area contributed by atoms with Crippen molar-refractivity contribution in [3.05, 3.63) is 28.5 Å². The van der Waals surface area contributed by atoms with Crippen molar-refractivity contribution in [3.63, 3.8) is 0 Å². The van der Waals surface area contributed by atoms with Gasteiger partial charge < -0.3 is 0 Å². The summed E-state index contributed by atoms with van der Waals surface area (Å²) in [6.45, 7) is 0. The molecule has 2 N–H and O–H groups in total. The van der Waals surface area contributed by atoms with Gasteiger partial charge in [-0.15, -0.1) is 0 Å². The van der Waals surface area contributed by atoms with Gasteiger partial charge in [0.25, 0.3) is 0 Å². The third-order valence-corrected chi connectivity index (χ3v) is 5.06. The zero-order valence-electron chi connectivity index (χ0n) is 10.7. The molecule has 0 aromatic carbocycles. The van der Waals surface area contributed by atoms with Crippen LogP contribution in [0.2, 0.25) is 0 Å². The van der Waals surface area contributed by atoms with Crippen LogP contribution in [0.15, 0.2) is 22.9 Å². The molecule has 1 amide bonds. The lowest BCUT2D eigenvalue weighted by atomic mass is 9.72. The SMILES string of the molecule is O=C1NNC(Cc2ccncc2Br)C2CCCCC12. The van der Waals surface area contributed by atoms with E-state index in [-0.39, 0.29) is 11.8 Å². The summed E-state index contributed by atoms with van der Waals surface area (Å²) in [5, 5.41) is 0. The maximum absolute atomic E-state index is 11.9. The number of carbonyl (C=O) groups is 1. The van der Waals surface area contributed by atoms with E-state index >= 15 is 0 Å². The molecule has 1 saturated carbocycles. The second-order valence-electron chi connectivity index (χ2n) is 5.47. The first-order valence-corrected chi connectivity index (χ1v) is 7.69. The number of hydrazine groups is 1. The fourth-order valence-electron chi connectivity index (χ4n) is 3.34. The van der Waals surface area contributed by atoms with E-state index in [4.69, 9.17) is 0 Å². The van der Waals surface area contributed by atoms with Crippen LogP contribution in [0.1, 0.15) is 31.2 Å². The third kappa shape index (κ3) is 2.67. The molecule has 2 fully saturated rings. The predicted molar refractivity (Wildman–Crippen MR) is 76.2 cm³/mol. The van der Waals surface area contributed by atoms with Crippen LogP contribution in [-0.2, 0) is 11.2 Å². The van der Waals surface area contributed by atoms with E-state index in [9.17, 15) is 4.79 Å². The molecule has 1 aromatic heterocycles. The summed E-state index contributed by atoms with van der Waals surface area (Å²) in [7, 11) is 0. The summed E-state index contributed by atoms with van der Waals surface area (Å²) in [4.78, 5) is 16.0. The average molecular weight is 324 g/mol. The molecule has 2 aliphatic rings. The highest BCUT2D eigenvalue weighted by molar-refractivity contribution is 9.10. The van der Waals surface area contributed by atoms with Crippen LogP contribution in [0.3, 0.4) is 0 Å². The molecule has 1 aliphatic heterocycles. The number of fused-ring (bicyclic) bond motifs is 1. The number of aromatic nitrogens is 1. The van der Waals surface area contributed by atoms with Crippen molar-refractivity contribution in [2.75, 3.05) is 0 Å². The van der Waals surface area contributed by atoms with Gasteiger partial charge in [-0.3, -0.25) is 15.2 Å². The van der Waals surface area contributed by atoms with Gasteiger partial charge in [-0.2, -0.15) is 0 Å². The molecular formula is C14H18BrN3O. The summed E-state index contributed by atoms with van der Waals surface area (Å²) in [5.74, 6) is 0.831. The van der Waals surface area contributed by atoms with Crippen LogP contribution in [0.25, 0.3) is 0 Å². The Kier molecular flexibility index (Phi) is 3.84. The minimum Gasteiger partial charge on any atom is -0.291 e. The Morgan fingerprint density at radius 3 is 3.05 bits per heavy atom. The van der Waals surface area contributed by atoms with Gasteiger partial charge in [-0.05, 0) is 52.7 Å². The fourth-order valence-corrected chi connectivity index (χ4v) is 3.75. The Balaban J connectivity index is 1.77. The maximum atomic E-state index is 11.9. The number of nitrogens with zero attached hydrogens (tertiary/aromatic N) is 1. The van der Waals surface area contributed by atoms with Gasteiger partial charge in [0.05, 0.1) is 0 Å². The number of carbonyl (C=O) groups excluding carboxylic acids is 1. The summed E-state index contributed by atoms with van der Waals surface area (Å²) < 4.78 is 1.04. The molecular weight excluding hydrogens is 306 g/mol. The van der Waals surface area contributed by atoms with Crippen molar-refractivity contribution in [2.45, 2.75) is 38.1 Å². The molecule has 1 aromatic rings. The molecule has 1 saturated heterocycles. The van der Waals surface area contributed by atoms with Crippen LogP contribution in [0.5, 0.6) is 0 Å². The number of nitrogens with one attached hydrogen (secondary N) is 2. The highest BCUT2D eigenvalue weighted by Gasteiger charge is 2.39. The topological polar surface area (TPSA) is 54.0 Å². The van der Waals surface area contributed by atoms with E-state index in [1.165, 1.54) is 18.4 Å². The Hall–Kier alpha value is -0.940. The molecule has 0 radical (unpaired) electrons. The predicted octanol–water partition coefficient (Wildman–Crippen LogP) is 2.20. The zero-order chi connectivity index (χ0) is 13.2. The second-order valence-corrected chi connectivity index (χ2v) is 6.32. The van der Waals surface area contributed by atoms with E-state index in [1.54, 1.807) is 0 Å². The van der Waals surface area contributed by atoms with Crippen LogP contribution >= 0.6 is 15.9 Å². The van der Waals surface area contributed by atoms with E-state index in [0.717, 1.165) is 23.7 Å². The van der Waals surface area contributed by atoms with Crippen molar-refractivity contribution >= 4 is 21.8 Å². The molecule has 3 unspecified atom stereocenters. The lowest BCUT2D eigenvalue weighted by Gasteiger charge is -2.41. The minimum atomic E-state index is 0.176. The summed E-state index contributed by atoms with van der Waals surface area (Å²) in [6.07, 6.45) is 9.18. The van der Waals surface area contributed by atoms with Crippen LogP contribution in [-0.4, -0.2) is 16.9 Å². The first-order chi connectivity index (χ1) is 9.25. The van der Waals surface area contributed by atoms with Crippen molar-refractivity contribution in [3.8, 4) is 0 Å². The number of halogens is 1. The number of pyridine rings is 1. The van der Waals surface area contributed by atoms with Gasteiger partial charge in [0.1, 0.15) is 0 Å². The Morgan fingerprint density at radius 2 is 2.21 bits per heavy atom. The quantitative estimate of drug-likeness (QED) is 0.877. The summed E-state index contributed by atoms with van der Waals surface area (Å²) >= 11 is 3.55. The summed E-state index contributed by atoms with van der Waals surface area (Å²) in [6, 6.07) is 2.36. The standard InChI is InChI=1S/C14H18BrN3O/c15-12-8-16-6-5-9(12)7-13-10-3-1-2-4-11(10)14(19)18-17-13/h5-6,8,10-11,13,17H,1-4,7H2,(H,18,19). The number of hydrogen-bond donors (Lipinski definition) is 2. The van der Waals surface area contributed by atoms with Crippen molar-refractivity contribution in [1.82, 2.24) is 15.8 Å². The molecule has 5 heteroatoms. The number of rotatable bonds is 2. The minimum absolute atomic E-state index is 0.176. The summed E-state index contributed by atoms with van der Waals surface area (Å²) in [5.41, 5.74) is 7.30. The molecule has 1 aliphatic carbocycles. The maximum Gasteiger partial charge on any atom is 0.237 e. The van der Waals surface area contributed by atoms with E-state index in [2.05, 4.69) is 31.8 Å². The average Bonchev–Trinajstić information content (AvgIpc) is 2.44. The Morgan fingerprint density at radius 1 is 1.37 bits per heavy atom. The molecule has 0 spiro atoms. The third-order valence-electron chi connectivity index (χ3n) is 4.35. The zero-order valence-corrected chi connectivity index (χ0v) is 12.3. The van der Waals surface area contributed by atoms with Crippen molar-refractivity contribution in [1.29, 1.82) is 0 Å². The van der Waals surface area contributed by atoms with Crippen LogP contribution in [0, 0.1) is 11.8 Å². The molecule has 3 atom stereocenters. The molecule has 19 heavy (non-hydrogen) atoms. The number of hydrogen-bond acceptors (Lipinski definition) is 3. The van der Waals surface area contributed by atoms with Crippen molar-refractivity contribution < 1.29 is 4.79 Å². The first kappa shape index (κ1) is 13.1. The molecule has 102 valence electrons. The monoisotopic (exact) mass is 323 g/mol. The smallest absolute Gasteiger partial charge is 0.237 e. The largest absolute Gasteiger partial charge is 0.291 e. The van der Waals surface area contributed by atoms with Gasteiger partial charge in [-0.25, -0.2) is 5.43 Å². The van der Waals surface area contributed by atoms with Crippen LogP contribution in [0.4, 0.5) is 0 Å². The van der Waals surface area contributed by atoms with Crippen molar-refractivity contribution in [2.24, 2.45) is 11.8 Å². The highest BCUT2D eigenvalue weighted by atomic mass is 79.9. The van der Waals surface area contributed by atoms with Gasteiger partial charge >= 0.3 is 0 Å². The molecule has 0 bridgehead atoms. The van der Waals surface area contributed by atoms with E-state index < -0.39 is 0 Å². The first-order valence-electron chi connectivity index (χ1n) is 6.89. The fraction of sp³-hybridized carbons (Fsp3) is 0.571. The Labute approximate surface area is 121 Å². The molecule has 4 nitrogen and oxygen atoms in total. The lowest BCUT2D eigenvalue weighted by Crippen LogP contribution is -2.60. The van der Waals surface area contributed by atoms with Gasteiger partial charge in [0, 0.05) is 28.8 Å². The van der Waals surface area contributed by atoms with Crippen LogP contribution < -0.4 is 10.9 Å². The molecule has 2 heterocycles. The van der Waals surface area contributed by atoms with E-state index in [1.807, 2.05) is 18.5 Å². The second kappa shape index (κ2) is 5.59. The molecule has 3 rings (SSSR count). The van der Waals surface area contributed by atoms with E-state index in [0.29, 0.717) is 12.0 Å². The van der Waals surface area contributed by atoms with Gasteiger partial charge in [-0.1, -0.05) is 12.8 Å². The van der Waals surface area contributed by atoms with Gasteiger partial charge in [0.2, 0.25) is 5.91 Å². The highest BCUT2D eigenvalue weighted by Crippen LogP contribution is 2.35. The number of amides is 1. The normalized spacial score (nSPS) is 30.6.